The molecule has 8 nitrogen and oxygen atoms in total. The van der Waals surface area contributed by atoms with Crippen LogP contribution in [0.1, 0.15) is 31.0 Å². The molecule has 8 heteroatoms. The molecule has 0 saturated heterocycles. The van der Waals surface area contributed by atoms with Crippen molar-refractivity contribution in [2.45, 2.75) is 32.5 Å². The molecule has 0 saturated carbocycles. The van der Waals surface area contributed by atoms with E-state index in [1.807, 2.05) is 26.0 Å². The van der Waals surface area contributed by atoms with Gasteiger partial charge in [-0.3, -0.25) is 14.4 Å². The van der Waals surface area contributed by atoms with Crippen LogP contribution in [-0.4, -0.2) is 30.6 Å². The molecule has 0 aliphatic carbocycles. The number of carbonyl (C=O) groups excluding carboxylic acids is 3. The second-order valence-electron chi connectivity index (χ2n) is 7.14. The lowest BCUT2D eigenvalue weighted by Crippen LogP contribution is -2.45. The molecule has 0 radical (unpaired) electrons. The molecule has 0 bridgehead atoms. The second kappa shape index (κ2) is 7.46. The predicted molar refractivity (Wildman–Crippen MR) is 104 cm³/mol. The molecule has 0 unspecified atom stereocenters. The van der Waals surface area contributed by atoms with Gasteiger partial charge in [0.2, 0.25) is 6.79 Å². The average Bonchev–Trinajstić information content (AvgIpc) is 3.28. The fraction of sp³-hybridized carbons (Fsp3) is 0.286. The van der Waals surface area contributed by atoms with E-state index in [1.54, 1.807) is 35.2 Å². The minimum Gasteiger partial charge on any atom is -0.454 e. The van der Waals surface area contributed by atoms with Crippen molar-refractivity contribution in [3.8, 4) is 11.5 Å². The quantitative estimate of drug-likeness (QED) is 0.768. The molecular formula is C21H21N3O5. The highest BCUT2D eigenvalue weighted by atomic mass is 16.7. The van der Waals surface area contributed by atoms with Gasteiger partial charge in [0.05, 0.1) is 0 Å². The van der Waals surface area contributed by atoms with Gasteiger partial charge in [-0.2, -0.15) is 0 Å². The zero-order valence-corrected chi connectivity index (χ0v) is 16.1. The summed E-state index contributed by atoms with van der Waals surface area (Å²) in [7, 11) is 0. The zero-order valence-electron chi connectivity index (χ0n) is 16.1. The highest BCUT2D eigenvalue weighted by Gasteiger charge is 2.39. The smallest absolute Gasteiger partial charge is 0.310 e. The maximum atomic E-state index is 12.8. The maximum absolute atomic E-state index is 12.8. The Kier molecular flexibility index (Phi) is 4.84. The Morgan fingerprint density at radius 1 is 1.10 bits per heavy atom. The number of benzene rings is 2. The number of nitrogens with zero attached hydrogens (tertiary/aromatic N) is 1. The zero-order chi connectivity index (χ0) is 20.5. The van der Waals surface area contributed by atoms with Crippen molar-refractivity contribution in [3.63, 3.8) is 0 Å². The van der Waals surface area contributed by atoms with Crippen LogP contribution in [0, 0.1) is 0 Å². The summed E-state index contributed by atoms with van der Waals surface area (Å²) in [5.74, 6) is -0.673. The first kappa shape index (κ1) is 18.8. The SMILES string of the molecule is CC(C)N1C(=O)[C@H](NC(=O)C(=O)NCc2ccc3c(c2)OCO3)c2ccccc21. The maximum Gasteiger partial charge on any atom is 0.310 e. The Hall–Kier alpha value is -3.55. The average molecular weight is 395 g/mol. The van der Waals surface area contributed by atoms with E-state index in [0.717, 1.165) is 11.3 Å². The molecule has 4 rings (SSSR count). The predicted octanol–water partition coefficient (Wildman–Crippen LogP) is 1.64. The van der Waals surface area contributed by atoms with Crippen molar-refractivity contribution in [2.75, 3.05) is 11.7 Å². The van der Waals surface area contributed by atoms with Gasteiger partial charge in [-0.05, 0) is 37.6 Å². The number of nitrogens with one attached hydrogen (secondary N) is 2. The summed E-state index contributed by atoms with van der Waals surface area (Å²) in [6.45, 7) is 4.11. The Balaban J connectivity index is 1.41. The van der Waals surface area contributed by atoms with Gasteiger partial charge >= 0.3 is 11.8 Å². The molecule has 2 aliphatic heterocycles. The molecule has 3 amide bonds. The van der Waals surface area contributed by atoms with Crippen LogP contribution < -0.4 is 25.0 Å². The highest BCUT2D eigenvalue weighted by molar-refractivity contribution is 6.35. The van der Waals surface area contributed by atoms with Crippen molar-refractivity contribution in [3.05, 3.63) is 53.6 Å². The number of hydrogen-bond donors (Lipinski definition) is 2. The summed E-state index contributed by atoms with van der Waals surface area (Å²) < 4.78 is 10.5. The third-order valence-electron chi connectivity index (χ3n) is 4.88. The lowest BCUT2D eigenvalue weighted by molar-refractivity contribution is -0.140. The molecule has 0 aromatic heterocycles. The van der Waals surface area contributed by atoms with Crippen molar-refractivity contribution in [1.29, 1.82) is 0 Å². The summed E-state index contributed by atoms with van der Waals surface area (Å²) in [4.78, 5) is 39.1. The molecule has 2 N–H and O–H groups in total. The van der Waals surface area contributed by atoms with E-state index in [0.29, 0.717) is 17.1 Å². The molecule has 2 heterocycles. The minimum absolute atomic E-state index is 0.0645. The van der Waals surface area contributed by atoms with Crippen LogP contribution in [0.5, 0.6) is 11.5 Å². The Bertz CT molecular complexity index is 988. The van der Waals surface area contributed by atoms with Crippen LogP contribution in [-0.2, 0) is 20.9 Å². The monoisotopic (exact) mass is 395 g/mol. The summed E-state index contributed by atoms with van der Waals surface area (Å²) in [5.41, 5.74) is 2.20. The number of amides is 3. The summed E-state index contributed by atoms with van der Waals surface area (Å²) in [6.07, 6.45) is 0. The van der Waals surface area contributed by atoms with Crippen LogP contribution in [0.4, 0.5) is 5.69 Å². The molecule has 1 atom stereocenters. The van der Waals surface area contributed by atoms with Gasteiger partial charge in [0.15, 0.2) is 11.5 Å². The van der Waals surface area contributed by atoms with E-state index >= 15 is 0 Å². The van der Waals surface area contributed by atoms with Crippen molar-refractivity contribution >= 4 is 23.4 Å². The highest BCUT2D eigenvalue weighted by Crippen LogP contribution is 2.37. The number of ether oxygens (including phenoxy) is 2. The van der Waals surface area contributed by atoms with E-state index < -0.39 is 17.9 Å². The number of rotatable bonds is 4. The number of para-hydroxylation sites is 1. The molecule has 2 aromatic rings. The third kappa shape index (κ3) is 3.49. The van der Waals surface area contributed by atoms with E-state index in [1.165, 1.54) is 0 Å². The molecule has 2 aromatic carbocycles. The van der Waals surface area contributed by atoms with Gasteiger partial charge in [0, 0.05) is 23.8 Å². The van der Waals surface area contributed by atoms with Gasteiger partial charge < -0.3 is 25.0 Å². The Morgan fingerprint density at radius 3 is 2.66 bits per heavy atom. The van der Waals surface area contributed by atoms with E-state index in [-0.39, 0.29) is 25.3 Å². The third-order valence-corrected chi connectivity index (χ3v) is 4.88. The second-order valence-corrected chi connectivity index (χ2v) is 7.14. The fourth-order valence-corrected chi connectivity index (χ4v) is 3.52. The number of carbonyl (C=O) groups is 3. The van der Waals surface area contributed by atoms with Crippen molar-refractivity contribution in [2.24, 2.45) is 0 Å². The first-order valence-electron chi connectivity index (χ1n) is 9.35. The van der Waals surface area contributed by atoms with E-state index in [9.17, 15) is 14.4 Å². The van der Waals surface area contributed by atoms with Gasteiger partial charge in [-0.1, -0.05) is 24.3 Å². The Morgan fingerprint density at radius 2 is 1.86 bits per heavy atom. The van der Waals surface area contributed by atoms with Crippen molar-refractivity contribution < 1.29 is 23.9 Å². The molecule has 29 heavy (non-hydrogen) atoms. The van der Waals surface area contributed by atoms with Gasteiger partial charge in [-0.15, -0.1) is 0 Å². The van der Waals surface area contributed by atoms with Gasteiger partial charge in [0.25, 0.3) is 5.91 Å². The number of hydrogen-bond acceptors (Lipinski definition) is 5. The van der Waals surface area contributed by atoms with Crippen molar-refractivity contribution in [1.82, 2.24) is 10.6 Å². The molecule has 150 valence electrons. The van der Waals surface area contributed by atoms with Crippen LogP contribution in [0.3, 0.4) is 0 Å². The Labute approximate surface area is 167 Å². The summed E-state index contributed by atoms with van der Waals surface area (Å²) in [5, 5.41) is 5.12. The standard InChI is InChI=1S/C21H21N3O5/c1-12(2)24-15-6-4-3-5-14(15)18(21(24)27)23-20(26)19(25)22-10-13-7-8-16-17(9-13)29-11-28-16/h3-9,12,18H,10-11H2,1-2H3,(H,22,25)(H,23,26)/t18-/m1/s1. The topological polar surface area (TPSA) is 97.0 Å². The lowest BCUT2D eigenvalue weighted by atomic mass is 10.1. The number of anilines is 1. The largest absolute Gasteiger partial charge is 0.454 e. The van der Waals surface area contributed by atoms with Crippen LogP contribution >= 0.6 is 0 Å². The molecule has 2 aliphatic rings. The fourth-order valence-electron chi connectivity index (χ4n) is 3.52. The normalized spacial score (nSPS) is 16.7. The molecule has 0 fully saturated rings. The minimum atomic E-state index is -0.877. The first-order chi connectivity index (χ1) is 14.0. The first-order valence-corrected chi connectivity index (χ1v) is 9.35. The number of fused-ring (bicyclic) bond motifs is 2. The van der Waals surface area contributed by atoms with Gasteiger partial charge in [0.1, 0.15) is 6.04 Å². The molecule has 0 spiro atoms. The van der Waals surface area contributed by atoms with Gasteiger partial charge in [-0.25, -0.2) is 0 Å². The van der Waals surface area contributed by atoms with Crippen LogP contribution in [0.25, 0.3) is 0 Å². The van der Waals surface area contributed by atoms with Crippen LogP contribution in [0.2, 0.25) is 0 Å². The van der Waals surface area contributed by atoms with Crippen LogP contribution in [0.15, 0.2) is 42.5 Å². The summed E-state index contributed by atoms with van der Waals surface area (Å²) >= 11 is 0. The molecular weight excluding hydrogens is 374 g/mol. The lowest BCUT2D eigenvalue weighted by Gasteiger charge is -2.22. The van der Waals surface area contributed by atoms with E-state index in [4.69, 9.17) is 9.47 Å². The van der Waals surface area contributed by atoms with E-state index in [2.05, 4.69) is 10.6 Å². The summed E-state index contributed by atoms with van der Waals surface area (Å²) in [6, 6.07) is 11.6.